The Bertz CT molecular complexity index is 704. The molecule has 25 heavy (non-hydrogen) atoms. The number of benzene rings is 2. The molecule has 2 aromatic carbocycles. The smallest absolute Gasteiger partial charge is 0.254 e. The number of hydrogen-bond acceptors (Lipinski definition) is 4. The van der Waals surface area contributed by atoms with Crippen LogP contribution in [0.4, 0.5) is 4.39 Å². The molecule has 0 heterocycles. The van der Waals surface area contributed by atoms with E-state index in [-0.39, 0.29) is 11.7 Å². The predicted molar refractivity (Wildman–Crippen MR) is 95.7 cm³/mol. The Morgan fingerprint density at radius 2 is 1.88 bits per heavy atom. The molecule has 0 fully saturated rings. The maximum Gasteiger partial charge on any atom is 0.254 e. The van der Waals surface area contributed by atoms with Gasteiger partial charge in [0.05, 0.1) is 7.11 Å². The lowest BCUT2D eigenvalue weighted by Crippen LogP contribution is -2.30. The molecule has 0 aliphatic carbocycles. The summed E-state index contributed by atoms with van der Waals surface area (Å²) in [6, 6.07) is 12.1. The molecule has 0 aromatic heterocycles. The predicted octanol–water partition coefficient (Wildman–Crippen LogP) is 2.50. The molecule has 6 heteroatoms. The summed E-state index contributed by atoms with van der Waals surface area (Å²) in [7, 11) is 1.42. The summed E-state index contributed by atoms with van der Waals surface area (Å²) >= 11 is 0. The van der Waals surface area contributed by atoms with E-state index in [1.54, 1.807) is 29.2 Å². The van der Waals surface area contributed by atoms with E-state index in [1.807, 2.05) is 19.1 Å². The van der Waals surface area contributed by atoms with Crippen molar-refractivity contribution in [3.63, 3.8) is 0 Å². The highest BCUT2D eigenvalue weighted by atomic mass is 19.1. The molecular formula is C19H24FN3O2. The summed E-state index contributed by atoms with van der Waals surface area (Å²) in [6.07, 6.45) is 0. The first-order chi connectivity index (χ1) is 12.1. The van der Waals surface area contributed by atoms with Crippen LogP contribution >= 0.6 is 0 Å². The lowest BCUT2D eigenvalue weighted by atomic mass is 10.1. The lowest BCUT2D eigenvalue weighted by Gasteiger charge is -2.21. The largest absolute Gasteiger partial charge is 0.494 e. The quantitative estimate of drug-likeness (QED) is 0.722. The number of hydrogen-bond donors (Lipinski definition) is 2. The third-order valence-electron chi connectivity index (χ3n) is 3.93. The van der Waals surface area contributed by atoms with Gasteiger partial charge in [0.1, 0.15) is 0 Å². The number of methoxy groups -OCH3 is 1. The minimum absolute atomic E-state index is 0.0861. The lowest BCUT2D eigenvalue weighted by molar-refractivity contribution is 0.0752. The van der Waals surface area contributed by atoms with Gasteiger partial charge in [-0.05, 0) is 42.3 Å². The Labute approximate surface area is 147 Å². The number of carbonyl (C=O) groups is 1. The number of nitrogens with two attached hydrogens (primary N) is 1. The van der Waals surface area contributed by atoms with E-state index in [1.165, 1.54) is 13.2 Å². The first-order valence-electron chi connectivity index (χ1n) is 8.20. The van der Waals surface area contributed by atoms with E-state index < -0.39 is 5.82 Å². The number of nitrogens with zero attached hydrogens (tertiary/aromatic N) is 1. The van der Waals surface area contributed by atoms with Crippen LogP contribution in [0.5, 0.6) is 5.75 Å². The van der Waals surface area contributed by atoms with Crippen molar-refractivity contribution in [2.75, 3.05) is 20.3 Å². The topological polar surface area (TPSA) is 67.6 Å². The number of ether oxygens (including phenoxy) is 1. The van der Waals surface area contributed by atoms with E-state index >= 15 is 0 Å². The number of amides is 1. The van der Waals surface area contributed by atoms with Gasteiger partial charge >= 0.3 is 0 Å². The number of carbonyl (C=O) groups excluding carboxylic acids is 1. The molecular weight excluding hydrogens is 321 g/mol. The standard InChI is InChI=1S/C19H24FN3O2/c1-3-23(12-15-6-9-18(25-2)17(20)10-15)19(24)16-7-4-14(5-8-16)11-22-13-21/h4-10,22H,3,11-13,21H2,1-2H3. The SMILES string of the molecule is CCN(Cc1ccc(OC)c(F)c1)C(=O)c1ccc(CNCN)cc1. The van der Waals surface area contributed by atoms with Crippen molar-refractivity contribution in [2.24, 2.45) is 5.73 Å². The van der Waals surface area contributed by atoms with Crippen LogP contribution in [-0.2, 0) is 13.1 Å². The fourth-order valence-corrected chi connectivity index (χ4v) is 2.52. The Morgan fingerprint density at radius 1 is 1.20 bits per heavy atom. The molecule has 3 N–H and O–H groups in total. The van der Waals surface area contributed by atoms with Gasteiger partial charge in [-0.3, -0.25) is 4.79 Å². The Balaban J connectivity index is 2.08. The average Bonchev–Trinajstić information content (AvgIpc) is 2.64. The fraction of sp³-hybridized carbons (Fsp3) is 0.316. The van der Waals surface area contributed by atoms with Crippen LogP contribution in [0.1, 0.15) is 28.4 Å². The second-order valence-corrected chi connectivity index (χ2v) is 5.62. The molecule has 0 spiro atoms. The molecule has 0 radical (unpaired) electrons. The summed E-state index contributed by atoms with van der Waals surface area (Å²) in [5.74, 6) is -0.322. The third kappa shape index (κ3) is 5.01. The number of halogens is 1. The van der Waals surface area contributed by atoms with Gasteiger partial charge in [-0.2, -0.15) is 0 Å². The van der Waals surface area contributed by atoms with Gasteiger partial charge in [0.25, 0.3) is 5.91 Å². The van der Waals surface area contributed by atoms with Gasteiger partial charge < -0.3 is 20.7 Å². The molecule has 5 nitrogen and oxygen atoms in total. The van der Waals surface area contributed by atoms with Crippen molar-refractivity contribution in [1.82, 2.24) is 10.2 Å². The molecule has 2 rings (SSSR count). The Hall–Kier alpha value is -2.44. The van der Waals surface area contributed by atoms with Gasteiger partial charge in [0, 0.05) is 31.9 Å². The zero-order chi connectivity index (χ0) is 18.2. The van der Waals surface area contributed by atoms with Crippen molar-refractivity contribution in [1.29, 1.82) is 0 Å². The highest BCUT2D eigenvalue weighted by Crippen LogP contribution is 2.19. The van der Waals surface area contributed by atoms with Crippen LogP contribution in [0, 0.1) is 5.82 Å². The normalized spacial score (nSPS) is 10.6. The van der Waals surface area contributed by atoms with Crippen LogP contribution in [0.2, 0.25) is 0 Å². The van der Waals surface area contributed by atoms with Crippen molar-refractivity contribution in [3.8, 4) is 5.75 Å². The summed E-state index contributed by atoms with van der Waals surface area (Å²) in [6.45, 7) is 3.84. The zero-order valence-corrected chi connectivity index (χ0v) is 14.6. The van der Waals surface area contributed by atoms with Gasteiger partial charge in [-0.25, -0.2) is 4.39 Å². The molecule has 0 aliphatic heterocycles. The van der Waals surface area contributed by atoms with Gasteiger partial charge in [0.2, 0.25) is 0 Å². The van der Waals surface area contributed by atoms with Crippen LogP contribution in [-0.4, -0.2) is 31.1 Å². The molecule has 134 valence electrons. The van der Waals surface area contributed by atoms with Crippen molar-refractivity contribution in [2.45, 2.75) is 20.0 Å². The van der Waals surface area contributed by atoms with E-state index in [0.717, 1.165) is 11.1 Å². The fourth-order valence-electron chi connectivity index (χ4n) is 2.52. The van der Waals surface area contributed by atoms with Crippen LogP contribution in [0.3, 0.4) is 0 Å². The van der Waals surface area contributed by atoms with Crippen molar-refractivity contribution < 1.29 is 13.9 Å². The third-order valence-corrected chi connectivity index (χ3v) is 3.93. The van der Waals surface area contributed by atoms with E-state index in [0.29, 0.717) is 31.9 Å². The molecule has 0 saturated carbocycles. The first-order valence-corrected chi connectivity index (χ1v) is 8.20. The molecule has 2 aromatic rings. The molecule has 0 unspecified atom stereocenters. The molecule has 1 amide bonds. The van der Waals surface area contributed by atoms with E-state index in [4.69, 9.17) is 10.5 Å². The average molecular weight is 345 g/mol. The number of rotatable bonds is 8. The maximum atomic E-state index is 13.8. The van der Waals surface area contributed by atoms with E-state index in [2.05, 4.69) is 5.32 Å². The Kier molecular flexibility index (Phi) is 6.91. The van der Waals surface area contributed by atoms with Crippen LogP contribution in [0.15, 0.2) is 42.5 Å². The first kappa shape index (κ1) is 18.9. The highest BCUT2D eigenvalue weighted by Gasteiger charge is 2.15. The minimum Gasteiger partial charge on any atom is -0.494 e. The van der Waals surface area contributed by atoms with Crippen LogP contribution in [0.25, 0.3) is 0 Å². The monoisotopic (exact) mass is 345 g/mol. The summed E-state index contributed by atoms with van der Waals surface area (Å²) in [4.78, 5) is 14.4. The van der Waals surface area contributed by atoms with E-state index in [9.17, 15) is 9.18 Å². The number of nitrogens with one attached hydrogen (secondary N) is 1. The second-order valence-electron chi connectivity index (χ2n) is 5.62. The molecule has 0 bridgehead atoms. The second kappa shape index (κ2) is 9.15. The van der Waals surface area contributed by atoms with Crippen molar-refractivity contribution in [3.05, 3.63) is 65.0 Å². The molecule has 0 aliphatic rings. The Morgan fingerprint density at radius 3 is 2.44 bits per heavy atom. The summed E-state index contributed by atoms with van der Waals surface area (Å²) < 4.78 is 18.8. The molecule has 0 atom stereocenters. The van der Waals surface area contributed by atoms with Gasteiger partial charge in [-0.15, -0.1) is 0 Å². The molecule has 0 saturated heterocycles. The summed E-state index contributed by atoms with van der Waals surface area (Å²) in [5, 5.41) is 3.03. The van der Waals surface area contributed by atoms with Crippen molar-refractivity contribution >= 4 is 5.91 Å². The minimum atomic E-state index is -0.430. The maximum absolute atomic E-state index is 13.8. The zero-order valence-electron chi connectivity index (χ0n) is 14.6. The van der Waals surface area contributed by atoms with Gasteiger partial charge in [-0.1, -0.05) is 18.2 Å². The highest BCUT2D eigenvalue weighted by molar-refractivity contribution is 5.94. The summed E-state index contributed by atoms with van der Waals surface area (Å²) in [5.41, 5.74) is 7.79. The van der Waals surface area contributed by atoms with Crippen LogP contribution < -0.4 is 15.8 Å². The van der Waals surface area contributed by atoms with Gasteiger partial charge in [0.15, 0.2) is 11.6 Å².